The molecule has 0 bridgehead atoms. The van der Waals surface area contributed by atoms with E-state index >= 15 is 0 Å². The number of nitrogens with one attached hydrogen (secondary N) is 1. The number of piperazine rings is 1. The minimum Gasteiger partial charge on any atom is -0.480 e. The highest BCUT2D eigenvalue weighted by Crippen LogP contribution is 2.07. The van der Waals surface area contributed by atoms with Crippen molar-refractivity contribution in [1.29, 1.82) is 0 Å². The van der Waals surface area contributed by atoms with E-state index in [-0.39, 0.29) is 12.5 Å². The maximum absolute atomic E-state index is 11.8. The second-order valence-corrected chi connectivity index (χ2v) is 5.83. The zero-order valence-corrected chi connectivity index (χ0v) is 12.1. The number of hydrogen-bond acceptors (Lipinski definition) is 5. The molecule has 20 heavy (non-hydrogen) atoms. The SMILES string of the molecule is O=C(O)CN1CCN(CC(=O)NCc2cccs2)CC1. The standard InChI is InChI=1S/C13H19N3O3S/c17-12(14-8-11-2-1-7-20-11)9-15-3-5-16(6-4-15)10-13(18)19/h1-2,7H,3-6,8-10H2,(H,14,17)(H,18,19). The van der Waals surface area contributed by atoms with Crippen molar-refractivity contribution in [3.8, 4) is 0 Å². The van der Waals surface area contributed by atoms with Crippen LogP contribution in [0.1, 0.15) is 4.88 Å². The first-order valence-corrected chi connectivity index (χ1v) is 7.47. The molecule has 2 rings (SSSR count). The molecule has 1 aliphatic heterocycles. The Balaban J connectivity index is 1.64. The van der Waals surface area contributed by atoms with Crippen molar-refractivity contribution >= 4 is 23.2 Å². The summed E-state index contributed by atoms with van der Waals surface area (Å²) in [5.74, 6) is -0.780. The fourth-order valence-electron chi connectivity index (χ4n) is 2.15. The number of amides is 1. The smallest absolute Gasteiger partial charge is 0.317 e. The van der Waals surface area contributed by atoms with Crippen LogP contribution in [0.25, 0.3) is 0 Å². The third-order valence-electron chi connectivity index (χ3n) is 3.23. The molecule has 6 nitrogen and oxygen atoms in total. The van der Waals surface area contributed by atoms with Crippen molar-refractivity contribution in [2.45, 2.75) is 6.54 Å². The zero-order chi connectivity index (χ0) is 14.4. The lowest BCUT2D eigenvalue weighted by Crippen LogP contribution is -2.50. The largest absolute Gasteiger partial charge is 0.480 e. The monoisotopic (exact) mass is 297 g/mol. The van der Waals surface area contributed by atoms with Gasteiger partial charge in [0.1, 0.15) is 0 Å². The number of carboxylic acid groups (broad SMARTS) is 1. The summed E-state index contributed by atoms with van der Waals surface area (Å²) in [6.45, 7) is 3.91. The van der Waals surface area contributed by atoms with Gasteiger partial charge in [0, 0.05) is 31.1 Å². The van der Waals surface area contributed by atoms with Gasteiger partial charge in [-0.1, -0.05) is 6.07 Å². The van der Waals surface area contributed by atoms with Crippen LogP contribution in [-0.4, -0.2) is 66.1 Å². The van der Waals surface area contributed by atoms with Crippen molar-refractivity contribution in [2.75, 3.05) is 39.3 Å². The highest BCUT2D eigenvalue weighted by Gasteiger charge is 2.20. The lowest BCUT2D eigenvalue weighted by atomic mass is 10.3. The Bertz CT molecular complexity index is 442. The molecule has 1 aliphatic rings. The molecule has 2 N–H and O–H groups in total. The minimum atomic E-state index is -0.799. The number of aliphatic carboxylic acids is 1. The van der Waals surface area contributed by atoms with E-state index < -0.39 is 5.97 Å². The number of carbonyl (C=O) groups excluding carboxylic acids is 1. The molecular formula is C13H19N3O3S. The summed E-state index contributed by atoms with van der Waals surface area (Å²) in [7, 11) is 0. The predicted molar refractivity (Wildman–Crippen MR) is 76.7 cm³/mol. The first-order chi connectivity index (χ1) is 9.63. The number of thiophene rings is 1. The van der Waals surface area contributed by atoms with Crippen LogP contribution in [0.4, 0.5) is 0 Å². The highest BCUT2D eigenvalue weighted by molar-refractivity contribution is 7.09. The van der Waals surface area contributed by atoms with Crippen molar-refractivity contribution in [2.24, 2.45) is 0 Å². The quantitative estimate of drug-likeness (QED) is 0.777. The third-order valence-corrected chi connectivity index (χ3v) is 4.11. The molecule has 0 radical (unpaired) electrons. The Kier molecular flexibility index (Phi) is 5.51. The van der Waals surface area contributed by atoms with Gasteiger partial charge in [-0.25, -0.2) is 0 Å². The number of carbonyl (C=O) groups is 2. The highest BCUT2D eigenvalue weighted by atomic mass is 32.1. The fourth-order valence-corrected chi connectivity index (χ4v) is 2.80. The second-order valence-electron chi connectivity index (χ2n) is 4.80. The summed E-state index contributed by atoms with van der Waals surface area (Å²) < 4.78 is 0. The molecule has 1 aromatic rings. The van der Waals surface area contributed by atoms with E-state index in [4.69, 9.17) is 5.11 Å². The van der Waals surface area contributed by atoms with Gasteiger partial charge in [0.15, 0.2) is 0 Å². The molecule has 1 aromatic heterocycles. The molecule has 0 spiro atoms. The Hall–Kier alpha value is -1.44. The predicted octanol–water partition coefficient (Wildman–Crippen LogP) is 0.0665. The first kappa shape index (κ1) is 15.0. The van der Waals surface area contributed by atoms with E-state index in [0.717, 1.165) is 18.0 Å². The average Bonchev–Trinajstić information content (AvgIpc) is 2.91. The summed E-state index contributed by atoms with van der Waals surface area (Å²) in [5, 5.41) is 13.6. The van der Waals surface area contributed by atoms with Gasteiger partial charge in [0.25, 0.3) is 0 Å². The van der Waals surface area contributed by atoms with Crippen LogP contribution in [0.15, 0.2) is 17.5 Å². The summed E-state index contributed by atoms with van der Waals surface area (Å²) >= 11 is 1.63. The number of hydrogen-bond donors (Lipinski definition) is 2. The van der Waals surface area contributed by atoms with Crippen LogP contribution in [0, 0.1) is 0 Å². The van der Waals surface area contributed by atoms with E-state index in [9.17, 15) is 9.59 Å². The molecule has 0 saturated carbocycles. The van der Waals surface area contributed by atoms with Gasteiger partial charge in [-0.3, -0.25) is 19.4 Å². The van der Waals surface area contributed by atoms with Crippen LogP contribution in [-0.2, 0) is 16.1 Å². The molecule has 110 valence electrons. The molecule has 2 heterocycles. The third kappa shape index (κ3) is 4.92. The van der Waals surface area contributed by atoms with Gasteiger partial charge in [0.05, 0.1) is 19.6 Å². The molecule has 0 aliphatic carbocycles. The summed E-state index contributed by atoms with van der Waals surface area (Å²) in [4.78, 5) is 27.5. The molecule has 0 unspecified atom stereocenters. The average molecular weight is 297 g/mol. The van der Waals surface area contributed by atoms with Gasteiger partial charge in [-0.15, -0.1) is 11.3 Å². The van der Waals surface area contributed by atoms with Crippen LogP contribution in [0.2, 0.25) is 0 Å². The van der Waals surface area contributed by atoms with E-state index in [1.165, 1.54) is 0 Å². The van der Waals surface area contributed by atoms with E-state index in [2.05, 4.69) is 10.2 Å². The lowest BCUT2D eigenvalue weighted by molar-refractivity contribution is -0.139. The van der Waals surface area contributed by atoms with Gasteiger partial charge in [-0.2, -0.15) is 0 Å². The molecule has 0 atom stereocenters. The lowest BCUT2D eigenvalue weighted by Gasteiger charge is -2.33. The zero-order valence-electron chi connectivity index (χ0n) is 11.2. The van der Waals surface area contributed by atoms with Crippen LogP contribution in [0.5, 0.6) is 0 Å². The summed E-state index contributed by atoms with van der Waals surface area (Å²) in [5.41, 5.74) is 0. The maximum atomic E-state index is 11.8. The van der Waals surface area contributed by atoms with Crippen molar-refractivity contribution in [3.63, 3.8) is 0 Å². The van der Waals surface area contributed by atoms with Crippen LogP contribution >= 0.6 is 11.3 Å². The Morgan fingerprint density at radius 2 is 1.85 bits per heavy atom. The van der Waals surface area contributed by atoms with Crippen molar-refractivity contribution in [1.82, 2.24) is 15.1 Å². The van der Waals surface area contributed by atoms with Crippen molar-refractivity contribution in [3.05, 3.63) is 22.4 Å². The van der Waals surface area contributed by atoms with E-state index in [1.54, 1.807) is 11.3 Å². The first-order valence-electron chi connectivity index (χ1n) is 6.59. The molecule has 1 amide bonds. The Morgan fingerprint density at radius 1 is 1.20 bits per heavy atom. The normalized spacial score (nSPS) is 17.0. The Morgan fingerprint density at radius 3 is 2.40 bits per heavy atom. The van der Waals surface area contributed by atoms with Crippen molar-refractivity contribution < 1.29 is 14.7 Å². The molecule has 1 fully saturated rings. The van der Waals surface area contributed by atoms with E-state index in [1.807, 2.05) is 22.4 Å². The van der Waals surface area contributed by atoms with Gasteiger partial charge >= 0.3 is 5.97 Å². The number of carboxylic acids is 1. The van der Waals surface area contributed by atoms with Crippen LogP contribution < -0.4 is 5.32 Å². The molecule has 1 saturated heterocycles. The topological polar surface area (TPSA) is 72.9 Å². The Labute approximate surface area is 122 Å². The van der Waals surface area contributed by atoms with Gasteiger partial charge in [0.2, 0.25) is 5.91 Å². The molecule has 7 heteroatoms. The second kappa shape index (κ2) is 7.37. The van der Waals surface area contributed by atoms with Gasteiger partial charge < -0.3 is 10.4 Å². The molecule has 0 aromatic carbocycles. The maximum Gasteiger partial charge on any atom is 0.317 e. The van der Waals surface area contributed by atoms with E-state index in [0.29, 0.717) is 26.2 Å². The summed E-state index contributed by atoms with van der Waals surface area (Å²) in [6, 6.07) is 3.96. The molecular weight excluding hydrogens is 278 g/mol. The fraction of sp³-hybridized carbons (Fsp3) is 0.538. The number of rotatable bonds is 6. The minimum absolute atomic E-state index is 0.0186. The summed E-state index contributed by atoms with van der Waals surface area (Å²) in [6.07, 6.45) is 0. The number of nitrogens with zero attached hydrogens (tertiary/aromatic N) is 2. The van der Waals surface area contributed by atoms with Crippen LogP contribution in [0.3, 0.4) is 0 Å². The van der Waals surface area contributed by atoms with Gasteiger partial charge in [-0.05, 0) is 11.4 Å².